The van der Waals surface area contributed by atoms with E-state index in [1.807, 2.05) is 31.2 Å². The molecule has 1 aliphatic heterocycles. The molecular weight excluding hydrogens is 274 g/mol. The number of aryl methyl sites for hydroxylation is 1. The molecule has 1 fully saturated rings. The highest BCUT2D eigenvalue weighted by molar-refractivity contribution is 7.09. The number of aromatic nitrogens is 1. The van der Waals surface area contributed by atoms with E-state index < -0.39 is 0 Å². The van der Waals surface area contributed by atoms with Gasteiger partial charge in [0.2, 0.25) is 0 Å². The second-order valence-electron chi connectivity index (χ2n) is 4.58. The molecule has 106 valence electrons. The summed E-state index contributed by atoms with van der Waals surface area (Å²) in [6.45, 7) is 3.98. The Morgan fingerprint density at radius 2 is 2.00 bits per heavy atom. The normalized spacial score (nSPS) is 15.7. The molecule has 0 bridgehead atoms. The van der Waals surface area contributed by atoms with Crippen LogP contribution in [0.15, 0.2) is 29.6 Å². The predicted molar refractivity (Wildman–Crippen MR) is 78.1 cm³/mol. The topological polar surface area (TPSA) is 40.6 Å². The van der Waals surface area contributed by atoms with Gasteiger partial charge in [-0.15, -0.1) is 11.3 Å². The smallest absolute Gasteiger partial charge is 0.161 e. The summed E-state index contributed by atoms with van der Waals surface area (Å²) in [6, 6.07) is 8.01. The molecule has 0 N–H and O–H groups in total. The summed E-state index contributed by atoms with van der Waals surface area (Å²) in [5.74, 6) is 0.860. The number of hydrogen-bond donors (Lipinski definition) is 0. The number of rotatable bonds is 5. The van der Waals surface area contributed by atoms with E-state index in [0.717, 1.165) is 28.4 Å². The molecule has 0 radical (unpaired) electrons. The molecule has 1 aromatic heterocycles. The summed E-state index contributed by atoms with van der Waals surface area (Å²) in [5, 5.41) is 3.15. The van der Waals surface area contributed by atoms with Crippen LogP contribution in [-0.2, 0) is 9.47 Å². The van der Waals surface area contributed by atoms with Crippen molar-refractivity contribution in [2.75, 3.05) is 19.8 Å². The molecule has 0 amide bonds. The van der Waals surface area contributed by atoms with E-state index in [1.54, 1.807) is 11.3 Å². The van der Waals surface area contributed by atoms with Crippen LogP contribution in [0.5, 0.6) is 5.75 Å². The van der Waals surface area contributed by atoms with Gasteiger partial charge in [0.05, 0.1) is 30.5 Å². The Morgan fingerprint density at radius 3 is 2.65 bits per heavy atom. The number of nitrogens with zero attached hydrogens (tertiary/aromatic N) is 1. The Morgan fingerprint density at radius 1 is 1.25 bits per heavy atom. The molecule has 1 aromatic carbocycles. The van der Waals surface area contributed by atoms with E-state index in [9.17, 15) is 0 Å². The van der Waals surface area contributed by atoms with Gasteiger partial charge in [0.25, 0.3) is 0 Å². The van der Waals surface area contributed by atoms with Crippen molar-refractivity contribution < 1.29 is 14.2 Å². The van der Waals surface area contributed by atoms with Gasteiger partial charge in [-0.3, -0.25) is 0 Å². The van der Waals surface area contributed by atoms with E-state index in [2.05, 4.69) is 10.4 Å². The summed E-state index contributed by atoms with van der Waals surface area (Å²) in [5.41, 5.74) is 2.14. The SMILES string of the molecule is Cc1nc(-c2ccc(OCCC3OCCO3)cc2)cs1. The molecule has 0 spiro atoms. The molecule has 3 rings (SSSR count). The van der Waals surface area contributed by atoms with Crippen molar-refractivity contribution in [1.29, 1.82) is 0 Å². The fourth-order valence-corrected chi connectivity index (χ4v) is 2.69. The fraction of sp³-hybridized carbons (Fsp3) is 0.400. The maximum absolute atomic E-state index is 5.69. The first-order valence-corrected chi connectivity index (χ1v) is 7.58. The highest BCUT2D eigenvalue weighted by atomic mass is 32.1. The largest absolute Gasteiger partial charge is 0.493 e. The van der Waals surface area contributed by atoms with Gasteiger partial charge in [0.1, 0.15) is 5.75 Å². The molecule has 2 heterocycles. The molecule has 0 saturated carbocycles. The van der Waals surface area contributed by atoms with Crippen LogP contribution in [0.3, 0.4) is 0 Å². The van der Waals surface area contributed by atoms with Crippen LogP contribution in [0.1, 0.15) is 11.4 Å². The minimum absolute atomic E-state index is 0.104. The van der Waals surface area contributed by atoms with Crippen molar-refractivity contribution in [3.63, 3.8) is 0 Å². The molecule has 1 aliphatic rings. The second kappa shape index (κ2) is 6.35. The van der Waals surface area contributed by atoms with Crippen molar-refractivity contribution in [1.82, 2.24) is 4.98 Å². The molecule has 2 aromatic rings. The van der Waals surface area contributed by atoms with Crippen molar-refractivity contribution in [3.05, 3.63) is 34.7 Å². The minimum Gasteiger partial charge on any atom is -0.493 e. The summed E-state index contributed by atoms with van der Waals surface area (Å²) in [6.07, 6.45) is 0.653. The first-order chi connectivity index (χ1) is 9.81. The van der Waals surface area contributed by atoms with E-state index in [0.29, 0.717) is 19.8 Å². The molecular formula is C15H17NO3S. The van der Waals surface area contributed by atoms with Crippen LogP contribution in [-0.4, -0.2) is 31.1 Å². The highest BCUT2D eigenvalue weighted by Crippen LogP contribution is 2.24. The lowest BCUT2D eigenvalue weighted by molar-refractivity contribution is -0.0531. The van der Waals surface area contributed by atoms with Gasteiger partial charge in [-0.1, -0.05) is 0 Å². The maximum Gasteiger partial charge on any atom is 0.161 e. The van der Waals surface area contributed by atoms with Gasteiger partial charge < -0.3 is 14.2 Å². The quantitative estimate of drug-likeness (QED) is 0.848. The zero-order valence-electron chi connectivity index (χ0n) is 11.4. The van der Waals surface area contributed by atoms with Crippen LogP contribution in [0.25, 0.3) is 11.3 Å². The van der Waals surface area contributed by atoms with Crippen molar-refractivity contribution in [2.24, 2.45) is 0 Å². The molecule has 0 aliphatic carbocycles. The summed E-state index contributed by atoms with van der Waals surface area (Å²) >= 11 is 1.66. The summed E-state index contributed by atoms with van der Waals surface area (Å²) < 4.78 is 16.4. The first kappa shape index (κ1) is 13.5. The van der Waals surface area contributed by atoms with Crippen LogP contribution >= 0.6 is 11.3 Å². The zero-order chi connectivity index (χ0) is 13.8. The third-order valence-electron chi connectivity index (χ3n) is 3.08. The van der Waals surface area contributed by atoms with Crippen molar-refractivity contribution in [3.8, 4) is 17.0 Å². The monoisotopic (exact) mass is 291 g/mol. The maximum atomic E-state index is 5.69. The lowest BCUT2D eigenvalue weighted by atomic mass is 10.2. The van der Waals surface area contributed by atoms with Gasteiger partial charge in [-0.2, -0.15) is 0 Å². The number of ether oxygens (including phenoxy) is 3. The summed E-state index contributed by atoms with van der Waals surface area (Å²) in [4.78, 5) is 4.47. The van der Waals surface area contributed by atoms with Gasteiger partial charge in [0.15, 0.2) is 6.29 Å². The van der Waals surface area contributed by atoms with Crippen LogP contribution in [0, 0.1) is 6.92 Å². The van der Waals surface area contributed by atoms with E-state index in [-0.39, 0.29) is 6.29 Å². The Balaban J connectivity index is 1.53. The third-order valence-corrected chi connectivity index (χ3v) is 3.86. The van der Waals surface area contributed by atoms with Gasteiger partial charge in [-0.05, 0) is 31.2 Å². The number of thiazole rings is 1. The van der Waals surface area contributed by atoms with E-state index in [4.69, 9.17) is 14.2 Å². The number of hydrogen-bond acceptors (Lipinski definition) is 5. The predicted octanol–water partition coefficient (Wildman–Crippen LogP) is 3.26. The lowest BCUT2D eigenvalue weighted by Crippen LogP contribution is -2.12. The Bertz CT molecular complexity index is 547. The number of benzene rings is 1. The van der Waals surface area contributed by atoms with Crippen LogP contribution in [0.4, 0.5) is 0 Å². The lowest BCUT2D eigenvalue weighted by Gasteiger charge is -2.10. The summed E-state index contributed by atoms with van der Waals surface area (Å²) in [7, 11) is 0. The fourth-order valence-electron chi connectivity index (χ4n) is 2.06. The molecule has 1 saturated heterocycles. The molecule has 4 nitrogen and oxygen atoms in total. The van der Waals surface area contributed by atoms with Crippen LogP contribution in [0.2, 0.25) is 0 Å². The van der Waals surface area contributed by atoms with Gasteiger partial charge in [-0.25, -0.2) is 4.98 Å². The van der Waals surface area contributed by atoms with Crippen molar-refractivity contribution in [2.45, 2.75) is 19.6 Å². The third kappa shape index (κ3) is 3.36. The average molecular weight is 291 g/mol. The van der Waals surface area contributed by atoms with E-state index in [1.165, 1.54) is 0 Å². The van der Waals surface area contributed by atoms with Crippen molar-refractivity contribution >= 4 is 11.3 Å². The highest BCUT2D eigenvalue weighted by Gasteiger charge is 2.15. The Labute approximate surface area is 122 Å². The molecule has 0 unspecified atom stereocenters. The standard InChI is InChI=1S/C15H17NO3S/c1-11-16-14(10-20-11)12-2-4-13(5-3-12)17-7-6-15-18-8-9-19-15/h2-5,10,15H,6-9H2,1H3. The second-order valence-corrected chi connectivity index (χ2v) is 5.65. The first-order valence-electron chi connectivity index (χ1n) is 6.70. The molecule has 20 heavy (non-hydrogen) atoms. The Hall–Kier alpha value is -1.43. The molecule has 0 atom stereocenters. The van der Waals surface area contributed by atoms with Gasteiger partial charge in [0, 0.05) is 17.4 Å². The van der Waals surface area contributed by atoms with Crippen LogP contribution < -0.4 is 4.74 Å². The zero-order valence-corrected chi connectivity index (χ0v) is 12.2. The minimum atomic E-state index is -0.104. The Kier molecular flexibility index (Phi) is 4.30. The average Bonchev–Trinajstić information content (AvgIpc) is 3.11. The molecule has 5 heteroatoms. The van der Waals surface area contributed by atoms with Gasteiger partial charge >= 0.3 is 0 Å². The van der Waals surface area contributed by atoms with E-state index >= 15 is 0 Å².